The molecule has 1 heteroatoms. The van der Waals surface area contributed by atoms with E-state index in [1.807, 2.05) is 12.2 Å². The molecular weight excluding hydrogens is 224 g/mol. The molecular formula is C12H13Br. The minimum atomic E-state index is 0.876. The van der Waals surface area contributed by atoms with Crippen molar-refractivity contribution in [2.75, 3.05) is 0 Å². The van der Waals surface area contributed by atoms with Crippen molar-refractivity contribution in [1.29, 1.82) is 0 Å². The van der Waals surface area contributed by atoms with E-state index in [0.717, 1.165) is 22.9 Å². The molecule has 0 fully saturated rings. The van der Waals surface area contributed by atoms with Crippen LogP contribution in [0.15, 0.2) is 59.2 Å². The third-order valence-electron chi connectivity index (χ3n) is 1.89. The zero-order chi connectivity index (χ0) is 9.68. The summed E-state index contributed by atoms with van der Waals surface area (Å²) in [5.74, 6) is 0. The lowest BCUT2D eigenvalue weighted by molar-refractivity contribution is 0.979. The largest absolute Gasteiger partial charge is 0.0915 e. The van der Waals surface area contributed by atoms with Crippen LogP contribution in [0.25, 0.3) is 0 Å². The highest BCUT2D eigenvalue weighted by atomic mass is 79.9. The van der Waals surface area contributed by atoms with Gasteiger partial charge in [-0.25, -0.2) is 0 Å². The first-order valence-corrected chi connectivity index (χ1v) is 5.07. The van der Waals surface area contributed by atoms with Crippen LogP contribution < -0.4 is 0 Å². The Bertz CT molecular complexity index is 303. The van der Waals surface area contributed by atoms with E-state index >= 15 is 0 Å². The standard InChI is InChI=1S/C12H13Br/c1-10(8-9-11(2)13)12-6-4-3-5-7-12/h3-4,6,8-9H,1-2,5,7H2/b9-8-. The number of halogens is 1. The summed E-state index contributed by atoms with van der Waals surface area (Å²) in [6, 6.07) is 0. The van der Waals surface area contributed by atoms with Crippen molar-refractivity contribution in [3.05, 3.63) is 59.2 Å². The maximum Gasteiger partial charge on any atom is 0.0103 e. The van der Waals surface area contributed by atoms with Gasteiger partial charge in [0.2, 0.25) is 0 Å². The second kappa shape index (κ2) is 5.03. The van der Waals surface area contributed by atoms with Crippen LogP contribution in [0.1, 0.15) is 12.8 Å². The van der Waals surface area contributed by atoms with Crippen molar-refractivity contribution in [2.24, 2.45) is 0 Å². The highest BCUT2D eigenvalue weighted by Gasteiger charge is 2.00. The fourth-order valence-electron chi connectivity index (χ4n) is 1.17. The number of hydrogen-bond acceptors (Lipinski definition) is 0. The molecule has 0 heterocycles. The Labute approximate surface area is 88.2 Å². The van der Waals surface area contributed by atoms with Gasteiger partial charge in [-0.15, -0.1) is 0 Å². The Kier molecular flexibility index (Phi) is 3.97. The second-order valence-electron chi connectivity index (χ2n) is 2.96. The van der Waals surface area contributed by atoms with Crippen LogP contribution in [0.4, 0.5) is 0 Å². The van der Waals surface area contributed by atoms with E-state index in [1.54, 1.807) is 0 Å². The summed E-state index contributed by atoms with van der Waals surface area (Å²) in [4.78, 5) is 0. The van der Waals surface area contributed by atoms with Crippen molar-refractivity contribution in [3.8, 4) is 0 Å². The lowest BCUT2D eigenvalue weighted by atomic mass is 9.98. The van der Waals surface area contributed by atoms with Crippen molar-refractivity contribution < 1.29 is 0 Å². The van der Waals surface area contributed by atoms with Crippen molar-refractivity contribution in [2.45, 2.75) is 12.8 Å². The molecule has 0 aromatic carbocycles. The predicted molar refractivity (Wildman–Crippen MR) is 62.8 cm³/mol. The van der Waals surface area contributed by atoms with E-state index in [-0.39, 0.29) is 0 Å². The van der Waals surface area contributed by atoms with Crippen molar-refractivity contribution in [1.82, 2.24) is 0 Å². The fraction of sp³-hybridized carbons (Fsp3) is 0.167. The molecule has 0 saturated heterocycles. The lowest BCUT2D eigenvalue weighted by Crippen LogP contribution is -1.88. The van der Waals surface area contributed by atoms with Gasteiger partial charge in [-0.2, -0.15) is 0 Å². The van der Waals surface area contributed by atoms with Gasteiger partial charge in [-0.1, -0.05) is 53.4 Å². The van der Waals surface area contributed by atoms with Gasteiger partial charge in [0.25, 0.3) is 0 Å². The highest BCUT2D eigenvalue weighted by Crippen LogP contribution is 2.20. The van der Waals surface area contributed by atoms with E-state index in [9.17, 15) is 0 Å². The number of allylic oxidation sites excluding steroid dienone is 8. The first-order valence-electron chi connectivity index (χ1n) is 4.27. The first-order chi connectivity index (χ1) is 6.20. The Morgan fingerprint density at radius 1 is 1.38 bits per heavy atom. The van der Waals surface area contributed by atoms with Crippen molar-refractivity contribution in [3.63, 3.8) is 0 Å². The molecule has 0 unspecified atom stereocenters. The normalized spacial score (nSPS) is 15.9. The van der Waals surface area contributed by atoms with Crippen LogP contribution in [0, 0.1) is 0 Å². The lowest BCUT2D eigenvalue weighted by Gasteiger charge is -2.08. The molecule has 0 atom stereocenters. The molecule has 68 valence electrons. The topological polar surface area (TPSA) is 0 Å². The molecule has 0 aromatic heterocycles. The van der Waals surface area contributed by atoms with Crippen LogP contribution in [0.3, 0.4) is 0 Å². The second-order valence-corrected chi connectivity index (χ2v) is 3.98. The Balaban J connectivity index is 2.62. The smallest absolute Gasteiger partial charge is 0.0103 e. The van der Waals surface area contributed by atoms with E-state index < -0.39 is 0 Å². The molecule has 13 heavy (non-hydrogen) atoms. The highest BCUT2D eigenvalue weighted by molar-refractivity contribution is 9.11. The summed E-state index contributed by atoms with van der Waals surface area (Å²) in [7, 11) is 0. The molecule has 0 radical (unpaired) electrons. The summed E-state index contributed by atoms with van der Waals surface area (Å²) in [5, 5.41) is 0. The molecule has 0 aliphatic heterocycles. The van der Waals surface area contributed by atoms with Crippen LogP contribution in [0.2, 0.25) is 0 Å². The van der Waals surface area contributed by atoms with Crippen LogP contribution in [-0.4, -0.2) is 0 Å². The zero-order valence-corrected chi connectivity index (χ0v) is 9.18. The monoisotopic (exact) mass is 236 g/mol. The Hall–Kier alpha value is -0.820. The number of rotatable bonds is 3. The molecule has 0 spiro atoms. The number of hydrogen-bond donors (Lipinski definition) is 0. The molecule has 0 bridgehead atoms. The van der Waals surface area contributed by atoms with Crippen LogP contribution in [-0.2, 0) is 0 Å². The molecule has 0 N–H and O–H groups in total. The van der Waals surface area contributed by atoms with Crippen LogP contribution >= 0.6 is 15.9 Å². The Morgan fingerprint density at radius 2 is 2.15 bits per heavy atom. The van der Waals surface area contributed by atoms with Crippen LogP contribution in [0.5, 0.6) is 0 Å². The quantitative estimate of drug-likeness (QED) is 0.642. The molecule has 1 aliphatic rings. The summed E-state index contributed by atoms with van der Waals surface area (Å²) >= 11 is 3.27. The van der Waals surface area contributed by atoms with Gasteiger partial charge in [0, 0.05) is 4.48 Å². The SMILES string of the molecule is C=C(Br)/C=C\C(=C)C1=CC=CCC1. The van der Waals surface area contributed by atoms with Gasteiger partial charge >= 0.3 is 0 Å². The van der Waals surface area contributed by atoms with Gasteiger partial charge in [-0.05, 0) is 30.1 Å². The Morgan fingerprint density at radius 3 is 2.69 bits per heavy atom. The minimum absolute atomic E-state index is 0.876. The summed E-state index contributed by atoms with van der Waals surface area (Å²) < 4.78 is 0.876. The van der Waals surface area contributed by atoms with E-state index in [0.29, 0.717) is 0 Å². The fourth-order valence-corrected chi connectivity index (χ4v) is 1.30. The summed E-state index contributed by atoms with van der Waals surface area (Å²) in [6.45, 7) is 7.73. The van der Waals surface area contributed by atoms with Crippen molar-refractivity contribution >= 4 is 15.9 Å². The predicted octanol–water partition coefficient (Wildman–Crippen LogP) is 4.28. The van der Waals surface area contributed by atoms with E-state index in [1.165, 1.54) is 5.57 Å². The molecule has 0 nitrogen and oxygen atoms in total. The van der Waals surface area contributed by atoms with Gasteiger partial charge in [0.05, 0.1) is 0 Å². The average molecular weight is 237 g/mol. The van der Waals surface area contributed by atoms with Gasteiger partial charge in [0.1, 0.15) is 0 Å². The molecule has 0 saturated carbocycles. The van der Waals surface area contributed by atoms with E-state index in [2.05, 4.69) is 47.3 Å². The molecule has 0 amide bonds. The summed E-state index contributed by atoms with van der Waals surface area (Å²) in [6.07, 6.45) is 12.5. The maximum absolute atomic E-state index is 4.00. The molecule has 1 aliphatic carbocycles. The van der Waals surface area contributed by atoms with Gasteiger partial charge in [0.15, 0.2) is 0 Å². The summed E-state index contributed by atoms with van der Waals surface area (Å²) in [5.41, 5.74) is 2.39. The first kappa shape index (κ1) is 10.3. The third-order valence-corrected chi connectivity index (χ3v) is 2.16. The van der Waals surface area contributed by atoms with Gasteiger partial charge < -0.3 is 0 Å². The maximum atomic E-state index is 4.00. The van der Waals surface area contributed by atoms with Gasteiger partial charge in [-0.3, -0.25) is 0 Å². The third kappa shape index (κ3) is 3.60. The molecule has 1 rings (SSSR count). The van der Waals surface area contributed by atoms with E-state index in [4.69, 9.17) is 0 Å². The average Bonchev–Trinajstić information content (AvgIpc) is 2.15. The molecule has 0 aromatic rings. The zero-order valence-electron chi connectivity index (χ0n) is 7.59. The minimum Gasteiger partial charge on any atom is -0.0915 e.